The van der Waals surface area contributed by atoms with Crippen molar-refractivity contribution >= 4 is 0 Å². The third-order valence-electron chi connectivity index (χ3n) is 4.81. The molecule has 4 heteroatoms. The molecule has 0 aromatic heterocycles. The van der Waals surface area contributed by atoms with Crippen LogP contribution in [0.2, 0.25) is 0 Å². The molecule has 2 aromatic carbocycles. The Morgan fingerprint density at radius 2 is 0.929 bits per heavy atom. The van der Waals surface area contributed by atoms with Gasteiger partial charge in [-0.1, -0.05) is 65.8 Å². The van der Waals surface area contributed by atoms with Gasteiger partial charge in [-0.2, -0.15) is 0 Å². The minimum Gasteiger partial charge on any atom is -0.458 e. The zero-order chi connectivity index (χ0) is 20.4. The van der Waals surface area contributed by atoms with Crippen LogP contribution < -0.4 is 9.47 Å². The molecule has 0 radical (unpaired) electrons. The molecule has 0 amide bonds. The average Bonchev–Trinajstić information content (AvgIpc) is 2.63. The Morgan fingerprint density at radius 1 is 0.607 bits per heavy atom. The molecule has 0 unspecified atom stereocenters. The summed E-state index contributed by atoms with van der Waals surface area (Å²) in [4.78, 5) is 0. The van der Waals surface area contributed by atoms with E-state index in [1.165, 1.54) is 11.1 Å². The molecule has 1 heterocycles. The van der Waals surface area contributed by atoms with E-state index in [4.69, 9.17) is 18.9 Å². The summed E-state index contributed by atoms with van der Waals surface area (Å²) in [7, 11) is 0. The Morgan fingerprint density at radius 3 is 1.21 bits per heavy atom. The minimum absolute atomic E-state index is 0.105. The summed E-state index contributed by atoms with van der Waals surface area (Å²) in [6.07, 6.45) is -1.23. The summed E-state index contributed by atoms with van der Waals surface area (Å²) in [5, 5.41) is 0. The first kappa shape index (κ1) is 20.7. The summed E-state index contributed by atoms with van der Waals surface area (Å²) in [6, 6.07) is 16.2. The van der Waals surface area contributed by atoms with E-state index in [1.807, 2.05) is 24.3 Å². The fraction of sp³-hybridized carbons (Fsp3) is 0.500. The van der Waals surface area contributed by atoms with Gasteiger partial charge in [-0.3, -0.25) is 0 Å². The van der Waals surface area contributed by atoms with E-state index in [0.29, 0.717) is 13.2 Å². The molecule has 2 atom stereocenters. The maximum absolute atomic E-state index is 6.01. The standard InChI is InChI=1S/C24H32O4/c1-23(2,3)17-7-11-19(12-8-17)27-21-22(26-16-15-25-21)28-20-13-9-18(10-14-20)24(4,5)6/h7-14,21-22H,15-16H2,1-6H3/t21-,22-/m1/s1. The molecule has 3 rings (SSSR count). The van der Waals surface area contributed by atoms with Crippen molar-refractivity contribution in [2.75, 3.05) is 13.2 Å². The van der Waals surface area contributed by atoms with Crippen molar-refractivity contribution < 1.29 is 18.9 Å². The van der Waals surface area contributed by atoms with Gasteiger partial charge in [0.1, 0.15) is 11.5 Å². The number of ether oxygens (including phenoxy) is 4. The Bertz CT molecular complexity index is 684. The van der Waals surface area contributed by atoms with Gasteiger partial charge >= 0.3 is 0 Å². The van der Waals surface area contributed by atoms with E-state index in [2.05, 4.69) is 65.8 Å². The van der Waals surface area contributed by atoms with Gasteiger partial charge in [0.25, 0.3) is 12.6 Å². The normalized spacial score (nSPS) is 20.6. The first-order chi connectivity index (χ1) is 13.1. The molecule has 28 heavy (non-hydrogen) atoms. The van der Waals surface area contributed by atoms with Crippen LogP contribution in [0, 0.1) is 0 Å². The van der Waals surface area contributed by atoms with Crippen LogP contribution in [-0.2, 0) is 20.3 Å². The van der Waals surface area contributed by atoms with Gasteiger partial charge in [0, 0.05) is 0 Å². The van der Waals surface area contributed by atoms with Crippen LogP contribution in [-0.4, -0.2) is 25.8 Å². The predicted octanol–water partition coefficient (Wildman–Crippen LogP) is 5.44. The molecule has 2 aromatic rings. The van der Waals surface area contributed by atoms with Crippen LogP contribution in [0.3, 0.4) is 0 Å². The van der Waals surface area contributed by atoms with Crippen LogP contribution in [0.5, 0.6) is 11.5 Å². The van der Waals surface area contributed by atoms with Gasteiger partial charge in [0.2, 0.25) is 0 Å². The number of hydrogen-bond donors (Lipinski definition) is 0. The quantitative estimate of drug-likeness (QED) is 0.703. The molecule has 0 spiro atoms. The highest BCUT2D eigenvalue weighted by atomic mass is 16.8. The molecule has 0 N–H and O–H groups in total. The molecule has 0 saturated carbocycles. The monoisotopic (exact) mass is 384 g/mol. The van der Waals surface area contributed by atoms with E-state index < -0.39 is 12.6 Å². The lowest BCUT2D eigenvalue weighted by molar-refractivity contribution is -0.271. The lowest BCUT2D eigenvalue weighted by Crippen LogP contribution is -2.45. The molecule has 1 saturated heterocycles. The van der Waals surface area contributed by atoms with Gasteiger partial charge in [0.05, 0.1) is 13.2 Å². The average molecular weight is 385 g/mol. The zero-order valence-electron chi connectivity index (χ0n) is 17.8. The fourth-order valence-electron chi connectivity index (χ4n) is 3.00. The van der Waals surface area contributed by atoms with Crippen LogP contribution in [0.1, 0.15) is 52.7 Å². The number of benzene rings is 2. The molecule has 0 aliphatic carbocycles. The largest absolute Gasteiger partial charge is 0.458 e. The highest BCUT2D eigenvalue weighted by molar-refractivity contribution is 5.32. The summed E-state index contributed by atoms with van der Waals surface area (Å²) >= 11 is 0. The van der Waals surface area contributed by atoms with E-state index >= 15 is 0 Å². The fourth-order valence-corrected chi connectivity index (χ4v) is 3.00. The SMILES string of the molecule is CC(C)(C)c1ccc(O[C@H]2OCCO[C@@H]2Oc2ccc(C(C)(C)C)cc2)cc1. The van der Waals surface area contributed by atoms with Crippen molar-refractivity contribution in [3.63, 3.8) is 0 Å². The van der Waals surface area contributed by atoms with Crippen LogP contribution in [0.4, 0.5) is 0 Å². The first-order valence-corrected chi connectivity index (χ1v) is 9.90. The van der Waals surface area contributed by atoms with Crippen molar-refractivity contribution in [1.82, 2.24) is 0 Å². The van der Waals surface area contributed by atoms with Gasteiger partial charge in [-0.15, -0.1) is 0 Å². The Balaban J connectivity index is 1.67. The van der Waals surface area contributed by atoms with Crippen molar-refractivity contribution in [3.05, 3.63) is 59.7 Å². The van der Waals surface area contributed by atoms with Crippen molar-refractivity contribution in [2.24, 2.45) is 0 Å². The summed E-state index contributed by atoms with van der Waals surface area (Å²) in [5.41, 5.74) is 2.72. The predicted molar refractivity (Wildman–Crippen MR) is 111 cm³/mol. The van der Waals surface area contributed by atoms with Crippen molar-refractivity contribution in [3.8, 4) is 11.5 Å². The molecule has 0 bridgehead atoms. The molecule has 1 fully saturated rings. The van der Waals surface area contributed by atoms with E-state index in [-0.39, 0.29) is 10.8 Å². The van der Waals surface area contributed by atoms with Gasteiger partial charge in [-0.25, -0.2) is 0 Å². The minimum atomic E-state index is -0.614. The van der Waals surface area contributed by atoms with E-state index in [9.17, 15) is 0 Å². The Kier molecular flexibility index (Phi) is 6.01. The van der Waals surface area contributed by atoms with Crippen molar-refractivity contribution in [2.45, 2.75) is 65.0 Å². The summed E-state index contributed by atoms with van der Waals surface area (Å²) in [6.45, 7) is 14.1. The summed E-state index contributed by atoms with van der Waals surface area (Å²) in [5.74, 6) is 1.47. The van der Waals surface area contributed by atoms with Crippen molar-refractivity contribution in [1.29, 1.82) is 0 Å². The summed E-state index contributed by atoms with van der Waals surface area (Å²) < 4.78 is 23.6. The number of hydrogen-bond acceptors (Lipinski definition) is 4. The maximum atomic E-state index is 6.01. The lowest BCUT2D eigenvalue weighted by Gasteiger charge is -2.32. The second kappa shape index (κ2) is 8.14. The molecule has 1 aliphatic heterocycles. The van der Waals surface area contributed by atoms with Crippen LogP contribution >= 0.6 is 0 Å². The molecule has 152 valence electrons. The number of rotatable bonds is 4. The van der Waals surface area contributed by atoms with Gasteiger partial charge in [-0.05, 0) is 46.2 Å². The van der Waals surface area contributed by atoms with Gasteiger partial charge in [0.15, 0.2) is 0 Å². The molecule has 1 aliphatic rings. The molecule has 4 nitrogen and oxygen atoms in total. The van der Waals surface area contributed by atoms with E-state index in [0.717, 1.165) is 11.5 Å². The van der Waals surface area contributed by atoms with Crippen LogP contribution in [0.25, 0.3) is 0 Å². The Hall–Kier alpha value is -2.04. The molecular weight excluding hydrogens is 352 g/mol. The van der Waals surface area contributed by atoms with Crippen LogP contribution in [0.15, 0.2) is 48.5 Å². The topological polar surface area (TPSA) is 36.9 Å². The second-order valence-electron chi connectivity index (χ2n) is 9.26. The maximum Gasteiger partial charge on any atom is 0.263 e. The second-order valence-corrected chi connectivity index (χ2v) is 9.26. The zero-order valence-corrected chi connectivity index (χ0v) is 17.8. The smallest absolute Gasteiger partial charge is 0.263 e. The highest BCUT2D eigenvalue weighted by Crippen LogP contribution is 2.28. The molecular formula is C24H32O4. The highest BCUT2D eigenvalue weighted by Gasteiger charge is 2.31. The first-order valence-electron chi connectivity index (χ1n) is 9.90. The van der Waals surface area contributed by atoms with E-state index in [1.54, 1.807) is 0 Å². The Labute approximate surface area is 168 Å². The lowest BCUT2D eigenvalue weighted by atomic mass is 9.87. The third-order valence-corrected chi connectivity index (χ3v) is 4.81. The third kappa shape index (κ3) is 5.27. The van der Waals surface area contributed by atoms with Gasteiger partial charge < -0.3 is 18.9 Å².